The standard InChI is InChI=1S/C28H23ClN2O4/c1-18-7-5-9-21(15-18)28(33)35-26-14-13-20-8-3-4-12-24(20)25(26)17-30-31-27(32)19(2)34-23-11-6-10-22(29)16-23/h3-17,19H,1-2H3,(H,31,32)/b30-17-/t19-/m0/s1. The molecule has 0 fully saturated rings. The third-order valence-corrected chi connectivity index (χ3v) is 5.47. The van der Waals surface area contributed by atoms with Crippen LogP contribution in [0.4, 0.5) is 0 Å². The predicted molar refractivity (Wildman–Crippen MR) is 137 cm³/mol. The topological polar surface area (TPSA) is 77.0 Å². The number of hydrogen-bond donors (Lipinski definition) is 1. The van der Waals surface area contributed by atoms with E-state index in [0.29, 0.717) is 27.6 Å². The molecule has 4 aromatic rings. The Bertz CT molecular complexity index is 1420. The van der Waals surface area contributed by atoms with Crippen molar-refractivity contribution in [3.05, 3.63) is 107 Å². The molecule has 0 radical (unpaired) electrons. The van der Waals surface area contributed by atoms with Gasteiger partial charge in [-0.15, -0.1) is 0 Å². The van der Waals surface area contributed by atoms with Gasteiger partial charge in [-0.2, -0.15) is 5.10 Å². The van der Waals surface area contributed by atoms with Crippen LogP contribution in [0.3, 0.4) is 0 Å². The van der Waals surface area contributed by atoms with Crippen molar-refractivity contribution in [2.75, 3.05) is 0 Å². The molecule has 35 heavy (non-hydrogen) atoms. The Kier molecular flexibility index (Phi) is 7.43. The Labute approximate surface area is 208 Å². The maximum Gasteiger partial charge on any atom is 0.343 e. The molecule has 176 valence electrons. The summed E-state index contributed by atoms with van der Waals surface area (Å²) in [5, 5.41) is 6.38. The molecule has 0 unspecified atom stereocenters. The molecule has 0 saturated carbocycles. The van der Waals surface area contributed by atoms with Crippen molar-refractivity contribution in [3.8, 4) is 11.5 Å². The minimum atomic E-state index is -0.809. The SMILES string of the molecule is Cc1cccc(C(=O)Oc2ccc3ccccc3c2/C=N\NC(=O)[C@H](C)Oc2cccc(Cl)c2)c1. The van der Waals surface area contributed by atoms with Crippen LogP contribution >= 0.6 is 11.6 Å². The number of nitrogens with zero attached hydrogens (tertiary/aromatic N) is 1. The first kappa shape index (κ1) is 24.0. The van der Waals surface area contributed by atoms with Gasteiger partial charge in [0.2, 0.25) is 0 Å². The number of rotatable bonds is 7. The zero-order valence-electron chi connectivity index (χ0n) is 19.2. The zero-order chi connectivity index (χ0) is 24.8. The number of carbonyl (C=O) groups is 2. The highest BCUT2D eigenvalue weighted by Crippen LogP contribution is 2.27. The molecule has 0 saturated heterocycles. The Morgan fingerprint density at radius 1 is 0.971 bits per heavy atom. The van der Waals surface area contributed by atoms with Gasteiger partial charge in [0.15, 0.2) is 6.10 Å². The normalized spacial score (nSPS) is 11.9. The minimum absolute atomic E-state index is 0.330. The summed E-state index contributed by atoms with van der Waals surface area (Å²) in [7, 11) is 0. The van der Waals surface area contributed by atoms with Crippen LogP contribution in [0.1, 0.15) is 28.4 Å². The van der Waals surface area contributed by atoms with Gasteiger partial charge in [0.05, 0.1) is 11.8 Å². The van der Waals surface area contributed by atoms with Crippen LogP contribution in [-0.2, 0) is 4.79 Å². The van der Waals surface area contributed by atoms with Crippen molar-refractivity contribution in [1.82, 2.24) is 5.43 Å². The molecule has 0 aliphatic carbocycles. The Balaban J connectivity index is 1.54. The highest BCUT2D eigenvalue weighted by atomic mass is 35.5. The molecule has 1 amide bonds. The van der Waals surface area contributed by atoms with Crippen molar-refractivity contribution >= 4 is 40.5 Å². The zero-order valence-corrected chi connectivity index (χ0v) is 20.0. The molecule has 4 aromatic carbocycles. The maximum atomic E-state index is 12.8. The minimum Gasteiger partial charge on any atom is -0.481 e. The lowest BCUT2D eigenvalue weighted by atomic mass is 10.0. The maximum absolute atomic E-state index is 12.8. The number of ether oxygens (including phenoxy) is 2. The van der Waals surface area contributed by atoms with E-state index in [1.165, 1.54) is 6.21 Å². The number of benzene rings is 4. The molecular formula is C28H23ClN2O4. The summed E-state index contributed by atoms with van der Waals surface area (Å²) in [5.74, 6) is -0.120. The molecule has 4 rings (SSSR count). The van der Waals surface area contributed by atoms with E-state index in [2.05, 4.69) is 10.5 Å². The van der Waals surface area contributed by atoms with Crippen LogP contribution in [0.5, 0.6) is 11.5 Å². The Morgan fingerprint density at radius 3 is 2.57 bits per heavy atom. The molecule has 0 spiro atoms. The van der Waals surface area contributed by atoms with Crippen LogP contribution in [0.15, 0.2) is 90.0 Å². The molecule has 0 bridgehead atoms. The number of hydrazone groups is 1. The number of halogens is 1. The number of aryl methyl sites for hydroxylation is 1. The Morgan fingerprint density at radius 2 is 1.77 bits per heavy atom. The second-order valence-electron chi connectivity index (χ2n) is 7.91. The summed E-state index contributed by atoms with van der Waals surface area (Å²) in [6, 6.07) is 25.2. The highest BCUT2D eigenvalue weighted by Gasteiger charge is 2.16. The van der Waals surface area contributed by atoms with E-state index in [9.17, 15) is 9.59 Å². The first-order valence-electron chi connectivity index (χ1n) is 11.0. The van der Waals surface area contributed by atoms with Gasteiger partial charge < -0.3 is 9.47 Å². The number of fused-ring (bicyclic) bond motifs is 1. The van der Waals surface area contributed by atoms with E-state index in [-0.39, 0.29) is 0 Å². The van der Waals surface area contributed by atoms with E-state index < -0.39 is 18.0 Å². The van der Waals surface area contributed by atoms with Gasteiger partial charge >= 0.3 is 5.97 Å². The molecular weight excluding hydrogens is 464 g/mol. The van der Waals surface area contributed by atoms with Gasteiger partial charge in [0.25, 0.3) is 5.91 Å². The summed E-state index contributed by atoms with van der Waals surface area (Å²) in [4.78, 5) is 25.3. The summed E-state index contributed by atoms with van der Waals surface area (Å²) < 4.78 is 11.3. The summed E-state index contributed by atoms with van der Waals surface area (Å²) in [6.07, 6.45) is 0.655. The number of carbonyl (C=O) groups excluding carboxylic acids is 2. The second-order valence-corrected chi connectivity index (χ2v) is 8.35. The fourth-order valence-corrected chi connectivity index (χ4v) is 3.66. The fraction of sp³-hybridized carbons (Fsp3) is 0.107. The summed E-state index contributed by atoms with van der Waals surface area (Å²) in [5.41, 5.74) is 4.45. The van der Waals surface area contributed by atoms with Gasteiger partial charge in [0, 0.05) is 10.6 Å². The number of nitrogens with one attached hydrogen (secondary N) is 1. The van der Waals surface area contributed by atoms with Crippen LogP contribution in [0.2, 0.25) is 5.02 Å². The third kappa shape index (κ3) is 6.05. The van der Waals surface area contributed by atoms with Gasteiger partial charge in [-0.1, -0.05) is 65.7 Å². The largest absolute Gasteiger partial charge is 0.481 e. The van der Waals surface area contributed by atoms with E-state index in [1.54, 1.807) is 55.5 Å². The predicted octanol–water partition coefficient (Wildman–Crippen LogP) is 5.94. The smallest absolute Gasteiger partial charge is 0.343 e. The lowest BCUT2D eigenvalue weighted by Crippen LogP contribution is -2.33. The second kappa shape index (κ2) is 10.8. The third-order valence-electron chi connectivity index (χ3n) is 5.23. The van der Waals surface area contributed by atoms with Crippen molar-refractivity contribution in [3.63, 3.8) is 0 Å². The molecule has 0 aromatic heterocycles. The average molecular weight is 487 g/mol. The van der Waals surface area contributed by atoms with E-state index >= 15 is 0 Å². The van der Waals surface area contributed by atoms with Crippen molar-refractivity contribution in [1.29, 1.82) is 0 Å². The van der Waals surface area contributed by atoms with Gasteiger partial charge in [-0.25, -0.2) is 10.2 Å². The Hall–Kier alpha value is -4.16. The van der Waals surface area contributed by atoms with Gasteiger partial charge in [-0.05, 0) is 61.0 Å². The fourth-order valence-electron chi connectivity index (χ4n) is 3.48. The van der Waals surface area contributed by atoms with Gasteiger partial charge in [0.1, 0.15) is 11.5 Å². The van der Waals surface area contributed by atoms with Crippen LogP contribution in [0, 0.1) is 6.92 Å². The molecule has 0 aliphatic rings. The van der Waals surface area contributed by atoms with Crippen molar-refractivity contribution in [2.24, 2.45) is 5.10 Å². The summed E-state index contributed by atoms with van der Waals surface area (Å²) in [6.45, 7) is 3.52. The molecule has 1 N–H and O–H groups in total. The number of amides is 1. The molecule has 1 atom stereocenters. The van der Waals surface area contributed by atoms with Crippen molar-refractivity contribution < 1.29 is 19.1 Å². The van der Waals surface area contributed by atoms with E-state index in [1.807, 2.05) is 43.3 Å². The van der Waals surface area contributed by atoms with Crippen LogP contribution < -0.4 is 14.9 Å². The van der Waals surface area contributed by atoms with Crippen LogP contribution in [-0.4, -0.2) is 24.2 Å². The summed E-state index contributed by atoms with van der Waals surface area (Å²) >= 11 is 5.96. The first-order chi connectivity index (χ1) is 16.9. The van der Waals surface area contributed by atoms with Crippen molar-refractivity contribution in [2.45, 2.75) is 20.0 Å². The van der Waals surface area contributed by atoms with Gasteiger partial charge in [-0.3, -0.25) is 4.79 Å². The first-order valence-corrected chi connectivity index (χ1v) is 11.3. The molecule has 7 heteroatoms. The average Bonchev–Trinajstić information content (AvgIpc) is 2.85. The number of esters is 1. The lowest BCUT2D eigenvalue weighted by molar-refractivity contribution is -0.127. The number of hydrogen-bond acceptors (Lipinski definition) is 5. The highest BCUT2D eigenvalue weighted by molar-refractivity contribution is 6.30. The molecule has 0 aliphatic heterocycles. The van der Waals surface area contributed by atoms with Crippen LogP contribution in [0.25, 0.3) is 10.8 Å². The monoisotopic (exact) mass is 486 g/mol. The lowest BCUT2D eigenvalue weighted by Gasteiger charge is -2.13. The molecule has 0 heterocycles. The molecule has 6 nitrogen and oxygen atoms in total. The quantitative estimate of drug-likeness (QED) is 0.152. The van der Waals surface area contributed by atoms with E-state index in [4.69, 9.17) is 21.1 Å². The van der Waals surface area contributed by atoms with E-state index in [0.717, 1.165) is 16.3 Å².